The van der Waals surface area contributed by atoms with Crippen LogP contribution in [0.4, 0.5) is 0 Å². The molecule has 126 valence electrons. The molecule has 1 saturated heterocycles. The highest BCUT2D eigenvalue weighted by molar-refractivity contribution is 5.94. The molecule has 1 heterocycles. The van der Waals surface area contributed by atoms with E-state index in [1.807, 2.05) is 29.2 Å². The average Bonchev–Trinajstić information content (AvgIpc) is 2.61. The first-order chi connectivity index (χ1) is 11.2. The van der Waals surface area contributed by atoms with Gasteiger partial charge in [0.1, 0.15) is 5.75 Å². The fraction of sp³-hybridized carbons (Fsp3) is 0.632. The normalized spacial score (nSPS) is 26.1. The molecule has 0 spiro atoms. The third kappa shape index (κ3) is 3.86. The van der Waals surface area contributed by atoms with Gasteiger partial charge in [0.25, 0.3) is 5.91 Å². The van der Waals surface area contributed by atoms with Crippen LogP contribution in [0, 0.1) is 5.92 Å². The molecule has 2 aliphatic rings. The molecule has 0 aromatic heterocycles. The van der Waals surface area contributed by atoms with Crippen molar-refractivity contribution in [2.45, 2.75) is 38.6 Å². The van der Waals surface area contributed by atoms with Crippen molar-refractivity contribution in [1.29, 1.82) is 0 Å². The monoisotopic (exact) mass is 316 g/mol. The van der Waals surface area contributed by atoms with E-state index in [-0.39, 0.29) is 5.91 Å². The molecule has 2 fully saturated rings. The van der Waals surface area contributed by atoms with Crippen LogP contribution in [0.2, 0.25) is 0 Å². The highest BCUT2D eigenvalue weighted by Gasteiger charge is 2.29. The third-order valence-electron chi connectivity index (χ3n) is 5.34. The van der Waals surface area contributed by atoms with Crippen LogP contribution in [0.5, 0.6) is 5.75 Å². The molecule has 2 atom stereocenters. The smallest absolute Gasteiger partial charge is 0.254 e. The molecule has 0 bridgehead atoms. The van der Waals surface area contributed by atoms with Crippen LogP contribution in [0.15, 0.2) is 24.3 Å². The first-order valence-corrected chi connectivity index (χ1v) is 8.84. The summed E-state index contributed by atoms with van der Waals surface area (Å²) in [4.78, 5) is 17.2. The first-order valence-electron chi connectivity index (χ1n) is 8.84. The fourth-order valence-corrected chi connectivity index (χ4v) is 3.96. The summed E-state index contributed by atoms with van der Waals surface area (Å²) in [5.41, 5.74) is 0.726. The summed E-state index contributed by atoms with van der Waals surface area (Å²) < 4.78 is 5.22. The molecule has 1 aromatic rings. The Hall–Kier alpha value is -1.55. The second kappa shape index (κ2) is 7.35. The summed E-state index contributed by atoms with van der Waals surface area (Å²) in [5, 5.41) is 0. The van der Waals surface area contributed by atoms with Gasteiger partial charge in [-0.05, 0) is 37.0 Å². The largest absolute Gasteiger partial charge is 0.497 e. The van der Waals surface area contributed by atoms with Crippen LogP contribution < -0.4 is 4.74 Å². The van der Waals surface area contributed by atoms with Gasteiger partial charge in [0.15, 0.2) is 0 Å². The summed E-state index contributed by atoms with van der Waals surface area (Å²) in [6.45, 7) is 6.05. The average molecular weight is 316 g/mol. The number of carbonyl (C=O) groups excluding carboxylic acids is 1. The van der Waals surface area contributed by atoms with Crippen molar-refractivity contribution >= 4 is 5.91 Å². The van der Waals surface area contributed by atoms with Gasteiger partial charge in [-0.1, -0.05) is 25.8 Å². The fourth-order valence-electron chi connectivity index (χ4n) is 3.96. The van der Waals surface area contributed by atoms with Gasteiger partial charge in [0, 0.05) is 37.8 Å². The Bertz CT molecular complexity index is 538. The lowest BCUT2D eigenvalue weighted by Gasteiger charge is -2.42. The SMILES string of the molecule is COc1cccc(C(=O)N2CCN([C@@H]3CCC[C@H](C)C3)CC2)c1. The highest BCUT2D eigenvalue weighted by Crippen LogP contribution is 2.28. The minimum Gasteiger partial charge on any atom is -0.497 e. The summed E-state index contributed by atoms with van der Waals surface area (Å²) >= 11 is 0. The minimum atomic E-state index is 0.126. The van der Waals surface area contributed by atoms with Gasteiger partial charge in [-0.2, -0.15) is 0 Å². The number of rotatable bonds is 3. The molecule has 3 rings (SSSR count). The lowest BCUT2D eigenvalue weighted by molar-refractivity contribution is 0.0489. The molecule has 0 N–H and O–H groups in total. The number of hydrogen-bond donors (Lipinski definition) is 0. The molecule has 1 aliphatic heterocycles. The van der Waals surface area contributed by atoms with Crippen LogP contribution in [0.25, 0.3) is 0 Å². The van der Waals surface area contributed by atoms with Gasteiger partial charge >= 0.3 is 0 Å². The van der Waals surface area contributed by atoms with Crippen molar-refractivity contribution in [3.05, 3.63) is 29.8 Å². The molecule has 0 radical (unpaired) electrons. The maximum atomic E-state index is 12.7. The van der Waals surface area contributed by atoms with Crippen molar-refractivity contribution in [3.63, 3.8) is 0 Å². The Kier molecular flexibility index (Phi) is 5.21. The van der Waals surface area contributed by atoms with Crippen LogP contribution in [-0.2, 0) is 0 Å². The molecule has 1 saturated carbocycles. The lowest BCUT2D eigenvalue weighted by Crippen LogP contribution is -2.52. The predicted molar refractivity (Wildman–Crippen MR) is 91.9 cm³/mol. The summed E-state index contributed by atoms with van der Waals surface area (Å²) in [6, 6.07) is 8.19. The zero-order valence-electron chi connectivity index (χ0n) is 14.3. The topological polar surface area (TPSA) is 32.8 Å². The van der Waals surface area contributed by atoms with E-state index in [1.54, 1.807) is 7.11 Å². The summed E-state index contributed by atoms with van der Waals surface area (Å²) in [6.07, 6.45) is 5.39. The van der Waals surface area contributed by atoms with Gasteiger partial charge in [0.2, 0.25) is 0 Å². The maximum absolute atomic E-state index is 12.7. The predicted octanol–water partition coefficient (Wildman–Crippen LogP) is 3.03. The van der Waals surface area contributed by atoms with Crippen molar-refractivity contribution in [2.75, 3.05) is 33.3 Å². The van der Waals surface area contributed by atoms with Crippen LogP contribution in [0.1, 0.15) is 43.0 Å². The number of piperazine rings is 1. The van der Waals surface area contributed by atoms with E-state index in [2.05, 4.69) is 11.8 Å². The van der Waals surface area contributed by atoms with Crippen molar-refractivity contribution < 1.29 is 9.53 Å². The second-order valence-corrected chi connectivity index (χ2v) is 6.99. The zero-order valence-corrected chi connectivity index (χ0v) is 14.3. The molecular formula is C19H28N2O2. The molecule has 1 aliphatic carbocycles. The number of methoxy groups -OCH3 is 1. The zero-order chi connectivity index (χ0) is 16.2. The minimum absolute atomic E-state index is 0.126. The molecule has 4 nitrogen and oxygen atoms in total. The molecule has 4 heteroatoms. The maximum Gasteiger partial charge on any atom is 0.254 e. The Morgan fingerprint density at radius 3 is 2.65 bits per heavy atom. The van der Waals surface area contributed by atoms with E-state index in [1.165, 1.54) is 25.7 Å². The van der Waals surface area contributed by atoms with Crippen LogP contribution in [0.3, 0.4) is 0 Å². The van der Waals surface area contributed by atoms with E-state index < -0.39 is 0 Å². The standard InChI is InChI=1S/C19H28N2O2/c1-15-5-3-7-17(13-15)20-9-11-21(12-10-20)19(22)16-6-4-8-18(14-16)23-2/h4,6,8,14-15,17H,3,5,7,9-13H2,1-2H3/t15-,17+/m0/s1. The Morgan fingerprint density at radius 2 is 1.96 bits per heavy atom. The Balaban J connectivity index is 1.56. The quantitative estimate of drug-likeness (QED) is 0.859. The van der Waals surface area contributed by atoms with E-state index in [0.717, 1.165) is 49.5 Å². The molecule has 23 heavy (non-hydrogen) atoms. The van der Waals surface area contributed by atoms with Gasteiger partial charge in [-0.3, -0.25) is 9.69 Å². The van der Waals surface area contributed by atoms with Gasteiger partial charge < -0.3 is 9.64 Å². The van der Waals surface area contributed by atoms with Crippen LogP contribution in [-0.4, -0.2) is 55.0 Å². The van der Waals surface area contributed by atoms with Gasteiger partial charge in [-0.25, -0.2) is 0 Å². The van der Waals surface area contributed by atoms with Crippen molar-refractivity contribution in [1.82, 2.24) is 9.80 Å². The number of ether oxygens (including phenoxy) is 1. The number of hydrogen-bond acceptors (Lipinski definition) is 3. The van der Waals surface area contributed by atoms with Crippen LogP contribution >= 0.6 is 0 Å². The molecule has 0 unspecified atom stereocenters. The summed E-state index contributed by atoms with van der Waals surface area (Å²) in [7, 11) is 1.63. The lowest BCUT2D eigenvalue weighted by atomic mass is 9.86. The Morgan fingerprint density at radius 1 is 1.17 bits per heavy atom. The van der Waals surface area contributed by atoms with Gasteiger partial charge in [-0.15, -0.1) is 0 Å². The number of benzene rings is 1. The van der Waals surface area contributed by atoms with Gasteiger partial charge in [0.05, 0.1) is 7.11 Å². The van der Waals surface area contributed by atoms with E-state index in [4.69, 9.17) is 4.74 Å². The Labute approximate surface area is 139 Å². The van der Waals surface area contributed by atoms with E-state index in [0.29, 0.717) is 0 Å². The number of amides is 1. The van der Waals surface area contributed by atoms with E-state index in [9.17, 15) is 4.79 Å². The van der Waals surface area contributed by atoms with Crippen molar-refractivity contribution in [3.8, 4) is 5.75 Å². The second-order valence-electron chi connectivity index (χ2n) is 6.99. The third-order valence-corrected chi connectivity index (χ3v) is 5.34. The number of nitrogens with zero attached hydrogens (tertiary/aromatic N) is 2. The molecule has 1 amide bonds. The van der Waals surface area contributed by atoms with E-state index >= 15 is 0 Å². The number of carbonyl (C=O) groups is 1. The molecule has 1 aromatic carbocycles. The summed E-state index contributed by atoms with van der Waals surface area (Å²) in [5.74, 6) is 1.72. The first kappa shape index (κ1) is 16.3. The molecular weight excluding hydrogens is 288 g/mol. The highest BCUT2D eigenvalue weighted by atomic mass is 16.5. The van der Waals surface area contributed by atoms with Crippen molar-refractivity contribution in [2.24, 2.45) is 5.92 Å².